The van der Waals surface area contributed by atoms with E-state index in [9.17, 15) is 45.6 Å². The summed E-state index contributed by atoms with van der Waals surface area (Å²) in [5.41, 5.74) is 0. The van der Waals surface area contributed by atoms with Crippen LogP contribution in [0.2, 0.25) is 0 Å². The van der Waals surface area contributed by atoms with Crippen LogP contribution in [0, 0.1) is 0 Å². The molecule has 0 spiro atoms. The van der Waals surface area contributed by atoms with Crippen molar-refractivity contribution in [3.8, 4) is 0 Å². The molecular weight excluding hydrogens is 979 g/mol. The average molecular weight is 1090 g/mol. The van der Waals surface area contributed by atoms with Gasteiger partial charge in [0.15, 0.2) is 12.6 Å². The molecule has 9 N–H and O–H groups in total. The Labute approximate surface area is 465 Å². The molecule has 0 aliphatic carbocycles. The van der Waals surface area contributed by atoms with Crippen molar-refractivity contribution in [2.24, 2.45) is 0 Å². The van der Waals surface area contributed by atoms with Crippen LogP contribution in [-0.2, 0) is 23.7 Å². The summed E-state index contributed by atoms with van der Waals surface area (Å²) in [4.78, 5) is 13.3. The lowest BCUT2D eigenvalue weighted by Crippen LogP contribution is -2.65. The van der Waals surface area contributed by atoms with E-state index in [-0.39, 0.29) is 18.9 Å². The molecule has 0 aromatic carbocycles. The number of rotatable bonds is 47. The minimum absolute atomic E-state index is 0.254. The van der Waals surface area contributed by atoms with Gasteiger partial charge in [-0.05, 0) is 77.0 Å². The summed E-state index contributed by atoms with van der Waals surface area (Å²) in [6, 6.07) is -0.936. The van der Waals surface area contributed by atoms with Gasteiger partial charge in [0.25, 0.3) is 0 Å². The summed E-state index contributed by atoms with van der Waals surface area (Å²) in [6.07, 6.45) is 47.7. The molecule has 0 bridgehead atoms. The van der Waals surface area contributed by atoms with E-state index in [4.69, 9.17) is 18.9 Å². The third-order valence-electron chi connectivity index (χ3n) is 14.3. The fourth-order valence-electron chi connectivity index (χ4n) is 9.45. The van der Waals surface area contributed by atoms with Crippen LogP contribution in [0.15, 0.2) is 85.1 Å². The van der Waals surface area contributed by atoms with Crippen LogP contribution in [0.5, 0.6) is 0 Å². The molecule has 0 aromatic heterocycles. The maximum absolute atomic E-state index is 13.3. The highest BCUT2D eigenvalue weighted by Gasteiger charge is 2.51. The quantitative estimate of drug-likeness (QED) is 0.0204. The van der Waals surface area contributed by atoms with Gasteiger partial charge in [0.1, 0.15) is 48.8 Å². The van der Waals surface area contributed by atoms with E-state index >= 15 is 0 Å². The summed E-state index contributed by atoms with van der Waals surface area (Å²) in [6.45, 7) is 2.65. The Morgan fingerprint density at radius 3 is 1.43 bits per heavy atom. The molecule has 12 unspecified atom stereocenters. The molecule has 2 aliphatic heterocycles. The van der Waals surface area contributed by atoms with Gasteiger partial charge in [-0.2, -0.15) is 0 Å². The Morgan fingerprint density at radius 2 is 0.909 bits per heavy atom. The summed E-state index contributed by atoms with van der Waals surface area (Å²) >= 11 is 0. The largest absolute Gasteiger partial charge is 0.394 e. The van der Waals surface area contributed by atoms with Crippen molar-refractivity contribution in [1.82, 2.24) is 5.32 Å². The fraction of sp³-hybridized carbons (Fsp3) is 0.762. The molecule has 14 nitrogen and oxygen atoms in total. The molecule has 14 heteroatoms. The molecule has 0 aromatic rings. The van der Waals surface area contributed by atoms with E-state index in [1.165, 1.54) is 109 Å². The number of nitrogens with one attached hydrogen (secondary N) is 1. The molecule has 2 heterocycles. The number of hydrogen-bond acceptors (Lipinski definition) is 13. The topological polar surface area (TPSA) is 228 Å². The number of amides is 1. The zero-order valence-electron chi connectivity index (χ0n) is 47.7. The molecule has 2 saturated heterocycles. The van der Waals surface area contributed by atoms with Crippen molar-refractivity contribution in [1.29, 1.82) is 0 Å². The van der Waals surface area contributed by atoms with E-state index < -0.39 is 86.8 Å². The van der Waals surface area contributed by atoms with Crippen molar-refractivity contribution in [2.75, 3.05) is 19.8 Å². The van der Waals surface area contributed by atoms with Crippen LogP contribution in [-0.4, -0.2) is 140 Å². The van der Waals surface area contributed by atoms with Crippen LogP contribution in [0.1, 0.15) is 213 Å². The normalized spacial score (nSPS) is 25.3. The Hall–Kier alpha value is -2.83. The minimum Gasteiger partial charge on any atom is -0.394 e. The smallest absolute Gasteiger partial charge is 0.220 e. The number of unbranched alkanes of at least 4 members (excludes halogenated alkanes) is 22. The molecule has 2 rings (SSSR count). The van der Waals surface area contributed by atoms with E-state index in [2.05, 4.69) is 92.1 Å². The first-order valence-electron chi connectivity index (χ1n) is 30.3. The first-order valence-corrected chi connectivity index (χ1v) is 30.3. The highest BCUT2D eigenvalue weighted by Crippen LogP contribution is 2.30. The number of carbonyl (C=O) groups excluding carboxylic acids is 1. The van der Waals surface area contributed by atoms with Crippen LogP contribution in [0.4, 0.5) is 0 Å². The van der Waals surface area contributed by atoms with Crippen molar-refractivity contribution >= 4 is 5.91 Å². The highest BCUT2D eigenvalue weighted by atomic mass is 16.7. The van der Waals surface area contributed by atoms with Gasteiger partial charge in [-0.1, -0.05) is 214 Å². The molecule has 444 valence electrons. The number of aliphatic hydroxyl groups excluding tert-OH is 8. The standard InChI is InChI=1S/C63H109NO13/c1-3-5-7-9-11-13-15-17-19-20-21-22-23-24-25-26-27-28-29-30-31-32-33-35-37-39-41-43-45-47-55(68)64-51(52(67)46-44-42-40-38-36-34-18-16-14-12-10-8-6-4-2)50-74-62-60(73)58(71)61(54(49-66)76-62)77-63-59(72)57(70)56(69)53(48-65)75-63/h5,7,11,13,17,19,21-22,24-25,36,38,44,46,51-54,56-63,65-67,69-73H,3-4,6,8-10,12,14-16,18,20,23,26-35,37,39-43,45,47-50H2,1-2H3,(H,64,68)/b7-5-,13-11-,19-17-,22-21-,25-24-,38-36+,46-44+. The Morgan fingerprint density at radius 1 is 0.481 bits per heavy atom. The molecule has 12 atom stereocenters. The average Bonchev–Trinajstić information content (AvgIpc) is 3.43. The maximum Gasteiger partial charge on any atom is 0.220 e. The van der Waals surface area contributed by atoms with E-state index in [1.54, 1.807) is 6.08 Å². The van der Waals surface area contributed by atoms with Gasteiger partial charge < -0.3 is 65.1 Å². The molecule has 1 amide bonds. The number of allylic oxidation sites excluding steroid dienone is 13. The number of aliphatic hydroxyl groups is 8. The highest BCUT2D eigenvalue weighted by molar-refractivity contribution is 5.76. The van der Waals surface area contributed by atoms with Crippen molar-refractivity contribution in [2.45, 2.75) is 286 Å². The summed E-state index contributed by atoms with van der Waals surface area (Å²) in [5, 5.41) is 87.0. The van der Waals surface area contributed by atoms with Gasteiger partial charge in [-0.25, -0.2) is 0 Å². The third-order valence-corrected chi connectivity index (χ3v) is 14.3. The van der Waals surface area contributed by atoms with Gasteiger partial charge in [0.2, 0.25) is 5.91 Å². The lowest BCUT2D eigenvalue weighted by atomic mass is 9.97. The second kappa shape index (κ2) is 47.9. The summed E-state index contributed by atoms with van der Waals surface area (Å²) in [7, 11) is 0. The first-order chi connectivity index (χ1) is 37.6. The third kappa shape index (κ3) is 33.5. The first kappa shape index (κ1) is 70.3. The SMILES string of the molecule is CC/C=C\C/C=C\C/C=C\C/C=C\C/C=C\CCCCCCCCCCCCCCCC(=O)NC(COC1OC(CO)C(OC2OC(CO)C(O)C(O)C2O)C(O)C1O)C(O)/C=C/CC/C=C/CCCCCCCCCC. The Kier molecular flexibility index (Phi) is 43.7. The Balaban J connectivity index is 1.71. The van der Waals surface area contributed by atoms with E-state index in [0.717, 1.165) is 70.6 Å². The monoisotopic (exact) mass is 1090 g/mol. The van der Waals surface area contributed by atoms with Crippen LogP contribution < -0.4 is 5.32 Å². The Bertz CT molecular complexity index is 1610. The van der Waals surface area contributed by atoms with Crippen LogP contribution in [0.3, 0.4) is 0 Å². The summed E-state index contributed by atoms with van der Waals surface area (Å²) in [5.74, 6) is -0.254. The molecule has 0 saturated carbocycles. The van der Waals surface area contributed by atoms with E-state index in [1.807, 2.05) is 6.08 Å². The minimum atomic E-state index is -1.79. The molecule has 2 fully saturated rings. The second-order valence-electron chi connectivity index (χ2n) is 21.1. The van der Waals surface area contributed by atoms with Gasteiger partial charge in [-0.3, -0.25) is 4.79 Å². The van der Waals surface area contributed by atoms with Crippen LogP contribution in [0.25, 0.3) is 0 Å². The van der Waals surface area contributed by atoms with Gasteiger partial charge in [0.05, 0.1) is 32.0 Å². The fourth-order valence-corrected chi connectivity index (χ4v) is 9.45. The van der Waals surface area contributed by atoms with Crippen molar-refractivity contribution in [3.05, 3.63) is 85.1 Å². The van der Waals surface area contributed by atoms with Gasteiger partial charge in [0, 0.05) is 6.42 Å². The number of hydrogen-bond donors (Lipinski definition) is 9. The van der Waals surface area contributed by atoms with Crippen LogP contribution >= 0.6 is 0 Å². The van der Waals surface area contributed by atoms with Crippen molar-refractivity contribution < 1.29 is 64.6 Å². The van der Waals surface area contributed by atoms with Gasteiger partial charge >= 0.3 is 0 Å². The summed E-state index contributed by atoms with van der Waals surface area (Å²) < 4.78 is 22.7. The maximum atomic E-state index is 13.3. The number of carbonyl (C=O) groups is 1. The predicted octanol–water partition coefficient (Wildman–Crippen LogP) is 10.5. The zero-order chi connectivity index (χ0) is 56.0. The molecule has 0 radical (unpaired) electrons. The lowest BCUT2D eigenvalue weighted by Gasteiger charge is -2.46. The second-order valence-corrected chi connectivity index (χ2v) is 21.1. The zero-order valence-corrected chi connectivity index (χ0v) is 47.7. The predicted molar refractivity (Wildman–Crippen MR) is 309 cm³/mol. The molecule has 77 heavy (non-hydrogen) atoms. The van der Waals surface area contributed by atoms with Gasteiger partial charge in [-0.15, -0.1) is 0 Å². The molecular formula is C63H109NO13. The van der Waals surface area contributed by atoms with Crippen molar-refractivity contribution in [3.63, 3.8) is 0 Å². The number of ether oxygens (including phenoxy) is 4. The molecule has 2 aliphatic rings. The van der Waals surface area contributed by atoms with E-state index in [0.29, 0.717) is 12.8 Å². The lowest BCUT2D eigenvalue weighted by molar-refractivity contribution is -0.359.